The number of nitrogens with zero attached hydrogens (tertiary/aromatic N) is 1. The minimum absolute atomic E-state index is 0.296. The van der Waals surface area contributed by atoms with Gasteiger partial charge in [0.25, 0.3) is 5.91 Å². The van der Waals surface area contributed by atoms with Crippen molar-refractivity contribution in [3.8, 4) is 0 Å². The molecule has 0 radical (unpaired) electrons. The van der Waals surface area contributed by atoms with E-state index in [2.05, 4.69) is 4.90 Å². The van der Waals surface area contributed by atoms with Crippen LogP contribution in [0.1, 0.15) is 22.5 Å². The van der Waals surface area contributed by atoms with Gasteiger partial charge in [-0.2, -0.15) is 0 Å². The molecule has 88 valence electrons. The maximum absolute atomic E-state index is 11.1. The van der Waals surface area contributed by atoms with Crippen molar-refractivity contribution in [1.29, 1.82) is 0 Å². The summed E-state index contributed by atoms with van der Waals surface area (Å²) in [5, 5.41) is 1.01. The Morgan fingerprint density at radius 3 is 2.56 bits per heavy atom. The van der Waals surface area contributed by atoms with Gasteiger partial charge in [-0.15, -0.1) is 11.3 Å². The van der Waals surface area contributed by atoms with E-state index < -0.39 is 5.91 Å². The zero-order valence-corrected chi connectivity index (χ0v) is 9.80. The highest BCUT2D eigenvalue weighted by Crippen LogP contribution is 2.33. The molecule has 0 aliphatic carbocycles. The quantitative estimate of drug-likeness (QED) is 0.695. The molecular weight excluding hydrogens is 224 g/mol. The molecule has 1 fully saturated rings. The Labute approximate surface area is 98.2 Å². The number of carbonyl (C=O) groups is 1. The van der Waals surface area contributed by atoms with E-state index in [1.54, 1.807) is 0 Å². The molecule has 0 spiro atoms. The van der Waals surface area contributed by atoms with Crippen LogP contribution in [0.2, 0.25) is 0 Å². The second-order valence-electron chi connectivity index (χ2n) is 4.06. The average Bonchev–Trinajstić information content (AvgIpc) is 2.61. The number of carbonyl (C=O) groups excluding carboxylic acids is 1. The van der Waals surface area contributed by atoms with Crippen LogP contribution >= 0.6 is 11.3 Å². The number of piperidine rings is 1. The smallest absolute Gasteiger partial charge is 0.260 e. The molecule has 1 saturated heterocycles. The number of hydrogen-bond acceptors (Lipinski definition) is 5. The van der Waals surface area contributed by atoms with E-state index in [-0.39, 0.29) is 0 Å². The molecule has 6 N–H and O–H groups in total. The maximum Gasteiger partial charge on any atom is 0.260 e. The summed E-state index contributed by atoms with van der Waals surface area (Å²) in [6, 6.07) is 2.12. The lowest BCUT2D eigenvalue weighted by Crippen LogP contribution is -2.39. The molecular formula is C10H16N4OS. The third-order valence-electron chi connectivity index (χ3n) is 2.82. The van der Waals surface area contributed by atoms with E-state index in [1.165, 1.54) is 11.3 Å². The summed E-state index contributed by atoms with van der Waals surface area (Å²) in [5.74, 6) is -0.456. The number of anilines is 2. The summed E-state index contributed by atoms with van der Waals surface area (Å²) in [5.41, 5.74) is 17.3. The molecule has 0 aromatic carbocycles. The minimum Gasteiger partial charge on any atom is -0.397 e. The van der Waals surface area contributed by atoms with Crippen LogP contribution in [0.4, 0.5) is 10.7 Å². The number of nitrogen functional groups attached to an aromatic ring is 1. The molecule has 0 atom stereocenters. The Bertz CT molecular complexity index is 396. The molecule has 0 bridgehead atoms. The van der Waals surface area contributed by atoms with Gasteiger partial charge in [-0.05, 0) is 18.9 Å². The summed E-state index contributed by atoms with van der Waals surface area (Å²) in [7, 11) is 0. The minimum atomic E-state index is -0.456. The van der Waals surface area contributed by atoms with Crippen molar-refractivity contribution in [2.75, 3.05) is 23.7 Å². The van der Waals surface area contributed by atoms with Crippen molar-refractivity contribution < 1.29 is 4.79 Å². The first-order valence-electron chi connectivity index (χ1n) is 5.27. The number of nitrogens with two attached hydrogens (primary N) is 3. The van der Waals surface area contributed by atoms with Gasteiger partial charge in [-0.25, -0.2) is 0 Å². The molecule has 1 aromatic rings. The van der Waals surface area contributed by atoms with E-state index >= 15 is 0 Å². The van der Waals surface area contributed by atoms with Crippen molar-refractivity contribution >= 4 is 27.9 Å². The summed E-state index contributed by atoms with van der Waals surface area (Å²) in [4.78, 5) is 13.7. The Hall–Kier alpha value is -1.27. The molecule has 16 heavy (non-hydrogen) atoms. The molecule has 2 heterocycles. The van der Waals surface area contributed by atoms with Crippen molar-refractivity contribution in [3.05, 3.63) is 10.9 Å². The fourth-order valence-electron chi connectivity index (χ4n) is 1.86. The molecule has 1 aliphatic rings. The molecule has 6 heteroatoms. The van der Waals surface area contributed by atoms with Gasteiger partial charge in [-0.3, -0.25) is 4.79 Å². The van der Waals surface area contributed by atoms with E-state index in [1.807, 2.05) is 6.07 Å². The lowest BCUT2D eigenvalue weighted by Gasteiger charge is -2.30. The number of hydrogen-bond donors (Lipinski definition) is 3. The van der Waals surface area contributed by atoms with Gasteiger partial charge >= 0.3 is 0 Å². The molecule has 0 saturated carbocycles. The van der Waals surface area contributed by atoms with Crippen molar-refractivity contribution in [3.63, 3.8) is 0 Å². The Morgan fingerprint density at radius 1 is 1.44 bits per heavy atom. The molecule has 5 nitrogen and oxygen atoms in total. The zero-order chi connectivity index (χ0) is 11.7. The molecule has 0 unspecified atom stereocenters. The summed E-state index contributed by atoms with van der Waals surface area (Å²) < 4.78 is 0. The second kappa shape index (κ2) is 4.31. The van der Waals surface area contributed by atoms with Crippen LogP contribution in [-0.4, -0.2) is 25.0 Å². The SMILES string of the molecule is NC(=O)c1sc(N2CCC(N)CC2)cc1N. The molecule has 2 rings (SSSR count). The molecule has 1 aliphatic heterocycles. The lowest BCUT2D eigenvalue weighted by atomic mass is 10.1. The highest BCUT2D eigenvalue weighted by Gasteiger charge is 2.20. The van der Waals surface area contributed by atoms with Gasteiger partial charge in [-0.1, -0.05) is 0 Å². The fraction of sp³-hybridized carbons (Fsp3) is 0.500. The molecule has 1 amide bonds. The Morgan fingerprint density at radius 2 is 2.06 bits per heavy atom. The van der Waals surface area contributed by atoms with Crippen LogP contribution in [0.25, 0.3) is 0 Å². The first-order chi connectivity index (χ1) is 7.58. The van der Waals surface area contributed by atoms with Crippen LogP contribution in [-0.2, 0) is 0 Å². The predicted molar refractivity (Wildman–Crippen MR) is 66.7 cm³/mol. The highest BCUT2D eigenvalue weighted by atomic mass is 32.1. The van der Waals surface area contributed by atoms with Crippen LogP contribution in [0.3, 0.4) is 0 Å². The number of rotatable bonds is 2. The number of thiophene rings is 1. The van der Waals surface area contributed by atoms with Crippen molar-refractivity contribution in [2.45, 2.75) is 18.9 Å². The normalized spacial score (nSPS) is 17.7. The predicted octanol–water partition coefficient (Wildman–Crippen LogP) is 0.357. The molecule has 1 aromatic heterocycles. The maximum atomic E-state index is 11.1. The second-order valence-corrected chi connectivity index (χ2v) is 5.09. The van der Waals surface area contributed by atoms with Crippen LogP contribution in [0, 0.1) is 0 Å². The zero-order valence-electron chi connectivity index (χ0n) is 8.98. The third-order valence-corrected chi connectivity index (χ3v) is 4.05. The summed E-state index contributed by atoms with van der Waals surface area (Å²) >= 11 is 1.36. The fourth-order valence-corrected chi connectivity index (χ4v) is 2.84. The standard InChI is InChI=1S/C10H16N4OS/c11-6-1-3-14(4-2-6)8-5-7(12)9(16-8)10(13)15/h5-6H,1-4,11-12H2,(H2,13,15). The summed E-state index contributed by atoms with van der Waals surface area (Å²) in [6.45, 7) is 1.83. The van der Waals surface area contributed by atoms with Gasteiger partial charge in [0, 0.05) is 19.1 Å². The number of amides is 1. The van der Waals surface area contributed by atoms with Gasteiger partial charge in [0.15, 0.2) is 0 Å². The first-order valence-corrected chi connectivity index (χ1v) is 6.09. The van der Waals surface area contributed by atoms with Gasteiger partial charge in [0.1, 0.15) is 4.88 Å². The topological polar surface area (TPSA) is 98.4 Å². The van der Waals surface area contributed by atoms with Gasteiger partial charge < -0.3 is 22.1 Å². The van der Waals surface area contributed by atoms with Crippen LogP contribution in [0.15, 0.2) is 6.07 Å². The summed E-state index contributed by atoms with van der Waals surface area (Å²) in [6.07, 6.45) is 1.95. The van der Waals surface area contributed by atoms with Crippen molar-refractivity contribution in [2.24, 2.45) is 11.5 Å². The van der Waals surface area contributed by atoms with Gasteiger partial charge in [0.05, 0.1) is 10.7 Å². The lowest BCUT2D eigenvalue weighted by molar-refractivity contribution is 0.100. The van der Waals surface area contributed by atoms with E-state index in [0.717, 1.165) is 30.9 Å². The van der Waals surface area contributed by atoms with Crippen LogP contribution < -0.4 is 22.1 Å². The first kappa shape index (κ1) is 11.2. The highest BCUT2D eigenvalue weighted by molar-refractivity contribution is 7.18. The Kier molecular flexibility index (Phi) is 3.02. The number of primary amides is 1. The average molecular weight is 240 g/mol. The van der Waals surface area contributed by atoms with Gasteiger partial charge in [0.2, 0.25) is 0 Å². The van der Waals surface area contributed by atoms with Crippen LogP contribution in [0.5, 0.6) is 0 Å². The third kappa shape index (κ3) is 2.12. The monoisotopic (exact) mass is 240 g/mol. The van der Waals surface area contributed by atoms with E-state index in [9.17, 15) is 4.79 Å². The largest absolute Gasteiger partial charge is 0.397 e. The van der Waals surface area contributed by atoms with E-state index in [0.29, 0.717) is 16.6 Å². The van der Waals surface area contributed by atoms with Crippen molar-refractivity contribution in [1.82, 2.24) is 0 Å². The van der Waals surface area contributed by atoms with E-state index in [4.69, 9.17) is 17.2 Å². The Balaban J connectivity index is 2.15.